The number of aromatic nitrogens is 4. The van der Waals surface area contributed by atoms with Gasteiger partial charge in [0.2, 0.25) is 0 Å². The highest BCUT2D eigenvalue weighted by Crippen LogP contribution is 2.37. The summed E-state index contributed by atoms with van der Waals surface area (Å²) in [4.78, 5) is 43.5. The molecule has 12 nitrogen and oxygen atoms in total. The van der Waals surface area contributed by atoms with E-state index in [2.05, 4.69) is 10.2 Å². The van der Waals surface area contributed by atoms with Crippen molar-refractivity contribution in [3.63, 3.8) is 0 Å². The first kappa shape index (κ1) is 28.7. The average molecular weight is 575 g/mol. The number of aromatic amines is 2. The molecule has 3 N–H and O–H groups in total. The van der Waals surface area contributed by atoms with Crippen molar-refractivity contribution in [2.75, 3.05) is 20.3 Å². The predicted octanol–water partition coefficient (Wildman–Crippen LogP) is 2.99. The number of ether oxygens (including phenoxy) is 2. The highest BCUT2D eigenvalue weighted by atomic mass is 16.5. The second kappa shape index (κ2) is 11.6. The molecule has 4 aromatic rings. The van der Waals surface area contributed by atoms with Gasteiger partial charge >= 0.3 is 5.69 Å². The molecule has 42 heavy (non-hydrogen) atoms. The summed E-state index contributed by atoms with van der Waals surface area (Å²) in [6.07, 6.45) is 1.78. The maximum absolute atomic E-state index is 14.0. The Balaban J connectivity index is 1.66. The van der Waals surface area contributed by atoms with Crippen LogP contribution in [0.2, 0.25) is 0 Å². The number of benzene rings is 2. The van der Waals surface area contributed by atoms with Crippen LogP contribution in [-0.2, 0) is 19.5 Å². The summed E-state index contributed by atoms with van der Waals surface area (Å²) in [5.74, 6) is 0.322. The van der Waals surface area contributed by atoms with E-state index < -0.39 is 11.5 Å². The Kier molecular flexibility index (Phi) is 7.90. The lowest BCUT2D eigenvalue weighted by Gasteiger charge is -2.25. The zero-order valence-corrected chi connectivity index (χ0v) is 24.3. The van der Waals surface area contributed by atoms with Gasteiger partial charge in [-0.1, -0.05) is 17.7 Å². The number of carbonyl (C=O) groups is 1. The van der Waals surface area contributed by atoms with Gasteiger partial charge in [-0.25, -0.2) is 14.9 Å². The number of rotatable bonds is 8. The molecule has 0 aliphatic carbocycles. The number of hydrogen-bond acceptors (Lipinski definition) is 7. The topological polar surface area (TPSA) is 147 Å². The quantitative estimate of drug-likeness (QED) is 0.218. The van der Waals surface area contributed by atoms with Crippen molar-refractivity contribution < 1.29 is 19.5 Å². The molecular weight excluding hydrogens is 540 g/mol. The van der Waals surface area contributed by atoms with Crippen LogP contribution < -0.4 is 26.2 Å². The molecule has 2 aromatic heterocycles. The Labute approximate surface area is 241 Å². The van der Waals surface area contributed by atoms with Crippen LogP contribution in [0.25, 0.3) is 11.3 Å². The van der Waals surface area contributed by atoms with Crippen LogP contribution in [0.5, 0.6) is 11.5 Å². The van der Waals surface area contributed by atoms with Crippen LogP contribution in [-0.4, -0.2) is 55.8 Å². The van der Waals surface area contributed by atoms with Gasteiger partial charge in [0, 0.05) is 30.9 Å². The average Bonchev–Trinajstić information content (AvgIpc) is 3.39. The molecule has 0 radical (unpaired) electrons. The van der Waals surface area contributed by atoms with E-state index in [0.717, 1.165) is 33.5 Å². The second-order valence-corrected chi connectivity index (χ2v) is 10.3. The molecular formula is C30H34N6O6. The maximum atomic E-state index is 14.0. The molecule has 0 spiro atoms. The van der Waals surface area contributed by atoms with E-state index in [1.165, 1.54) is 10.8 Å². The van der Waals surface area contributed by atoms with E-state index in [4.69, 9.17) is 14.5 Å². The zero-order valence-electron chi connectivity index (χ0n) is 24.3. The smallest absolute Gasteiger partial charge is 0.330 e. The van der Waals surface area contributed by atoms with Crippen molar-refractivity contribution in [2.24, 2.45) is 4.99 Å². The molecule has 1 amide bonds. The Bertz CT molecular complexity index is 1840. The lowest BCUT2D eigenvalue weighted by atomic mass is 9.97. The summed E-state index contributed by atoms with van der Waals surface area (Å²) in [7, 11) is 1.58. The van der Waals surface area contributed by atoms with E-state index in [9.17, 15) is 19.6 Å². The van der Waals surface area contributed by atoms with Crippen LogP contribution >= 0.6 is 0 Å². The van der Waals surface area contributed by atoms with Gasteiger partial charge in [-0.3, -0.25) is 29.0 Å². The van der Waals surface area contributed by atoms with Crippen molar-refractivity contribution in [1.29, 1.82) is 0 Å². The molecule has 0 bridgehead atoms. The van der Waals surface area contributed by atoms with Gasteiger partial charge in [0.25, 0.3) is 11.5 Å². The zero-order chi connectivity index (χ0) is 30.1. The number of nitrogens with zero attached hydrogens (tertiary/aromatic N) is 4. The number of methoxy groups -OCH3 is 1. The predicted molar refractivity (Wildman–Crippen MR) is 156 cm³/mol. The summed E-state index contributed by atoms with van der Waals surface area (Å²) in [5.41, 5.74) is 5.40. The molecule has 1 aliphatic heterocycles. The SMILES string of the molecule is CCOc1cc2c(cc1OC)-c1cc(=Nc3c(C)cc(C)cc3C)n(CCN(O)C(=O)c3c[nH][nH]c3=O)c(=O)n1CC2. The standard InChI is InChI=1S/C30H34N6O6/c1-6-42-25-13-20-7-8-34-23(21(20)14-24(25)41-5)15-26(32-27-18(3)11-17(2)12-19(27)4)35(30(34)39)9-10-36(40)29(38)22-16-31-33-28(22)37/h11-16,40H,6-10H2,1-5H3,(H2,31,33,37). The fourth-order valence-electron chi connectivity index (χ4n) is 5.44. The van der Waals surface area contributed by atoms with Crippen molar-refractivity contribution in [1.82, 2.24) is 24.4 Å². The van der Waals surface area contributed by atoms with Crippen molar-refractivity contribution in [2.45, 2.75) is 47.2 Å². The van der Waals surface area contributed by atoms with Crippen LogP contribution in [0.3, 0.4) is 0 Å². The van der Waals surface area contributed by atoms with E-state index in [0.29, 0.717) is 47.3 Å². The summed E-state index contributed by atoms with van der Waals surface area (Å²) < 4.78 is 14.5. The number of hydroxylamine groups is 2. The molecule has 0 fully saturated rings. The second-order valence-electron chi connectivity index (χ2n) is 10.3. The normalized spacial score (nSPS) is 12.6. The van der Waals surface area contributed by atoms with Crippen molar-refractivity contribution >= 4 is 11.6 Å². The van der Waals surface area contributed by atoms with Gasteiger partial charge in [0.05, 0.1) is 31.6 Å². The number of carbonyl (C=O) groups excluding carboxylic acids is 1. The lowest BCUT2D eigenvalue weighted by molar-refractivity contribution is -0.0603. The van der Waals surface area contributed by atoms with Gasteiger partial charge in [0.15, 0.2) is 11.5 Å². The maximum Gasteiger partial charge on any atom is 0.330 e. The monoisotopic (exact) mass is 574 g/mol. The Hall–Kier alpha value is -4.84. The minimum absolute atomic E-state index is 0.0636. The Morgan fingerprint density at radius 1 is 1.10 bits per heavy atom. The largest absolute Gasteiger partial charge is 0.493 e. The van der Waals surface area contributed by atoms with E-state index in [1.54, 1.807) is 11.7 Å². The summed E-state index contributed by atoms with van der Waals surface area (Å²) >= 11 is 0. The minimum Gasteiger partial charge on any atom is -0.493 e. The molecule has 0 saturated carbocycles. The van der Waals surface area contributed by atoms with Crippen LogP contribution in [0.15, 0.2) is 51.1 Å². The van der Waals surface area contributed by atoms with Gasteiger partial charge in [-0.2, -0.15) is 0 Å². The van der Waals surface area contributed by atoms with Crippen molar-refractivity contribution in [3.8, 4) is 22.8 Å². The third-order valence-corrected chi connectivity index (χ3v) is 7.37. The first-order chi connectivity index (χ1) is 20.1. The van der Waals surface area contributed by atoms with E-state index >= 15 is 0 Å². The summed E-state index contributed by atoms with van der Waals surface area (Å²) in [5, 5.41) is 15.6. The molecule has 0 unspecified atom stereocenters. The van der Waals surface area contributed by atoms with Crippen LogP contribution in [0.1, 0.15) is 39.5 Å². The minimum atomic E-state index is -0.883. The lowest BCUT2D eigenvalue weighted by Crippen LogP contribution is -2.44. The molecule has 2 aromatic carbocycles. The number of H-pyrrole nitrogens is 2. The van der Waals surface area contributed by atoms with E-state index in [-0.39, 0.29) is 24.3 Å². The molecule has 3 heterocycles. The highest BCUT2D eigenvalue weighted by molar-refractivity contribution is 5.92. The number of hydrogen-bond donors (Lipinski definition) is 3. The van der Waals surface area contributed by atoms with E-state index in [1.807, 2.05) is 58.0 Å². The van der Waals surface area contributed by atoms with Gasteiger partial charge < -0.3 is 14.6 Å². The Morgan fingerprint density at radius 2 is 1.83 bits per heavy atom. The molecule has 5 rings (SSSR count). The van der Waals surface area contributed by atoms with Gasteiger partial charge in [-0.05, 0) is 62.9 Å². The van der Waals surface area contributed by atoms with Gasteiger partial charge in [0.1, 0.15) is 11.1 Å². The third-order valence-electron chi connectivity index (χ3n) is 7.37. The molecule has 0 atom stereocenters. The van der Waals surface area contributed by atoms with Crippen LogP contribution in [0, 0.1) is 20.8 Å². The van der Waals surface area contributed by atoms with Gasteiger partial charge in [-0.15, -0.1) is 0 Å². The first-order valence-corrected chi connectivity index (χ1v) is 13.7. The molecule has 12 heteroatoms. The number of fused-ring (bicyclic) bond motifs is 3. The molecule has 1 aliphatic rings. The fourth-order valence-corrected chi connectivity index (χ4v) is 5.44. The third kappa shape index (κ3) is 5.28. The van der Waals surface area contributed by atoms with Crippen LogP contribution in [0.4, 0.5) is 5.69 Å². The summed E-state index contributed by atoms with van der Waals surface area (Å²) in [6, 6.07) is 9.73. The molecule has 0 saturated heterocycles. The first-order valence-electron chi connectivity index (χ1n) is 13.7. The number of nitrogens with one attached hydrogen (secondary N) is 2. The Morgan fingerprint density at radius 3 is 2.48 bits per heavy atom. The molecule has 220 valence electrons. The summed E-state index contributed by atoms with van der Waals surface area (Å²) in [6.45, 7) is 8.45. The highest BCUT2D eigenvalue weighted by Gasteiger charge is 2.24. The number of amides is 1. The number of aryl methyl sites for hydroxylation is 4. The fraction of sp³-hybridized carbons (Fsp3) is 0.333. The van der Waals surface area contributed by atoms with Crippen molar-refractivity contribution in [3.05, 3.63) is 90.7 Å².